The van der Waals surface area contributed by atoms with Gasteiger partial charge in [0.05, 0.1) is 0 Å². The van der Waals surface area contributed by atoms with Crippen LogP contribution in [-0.4, -0.2) is 29.7 Å². The van der Waals surface area contributed by atoms with E-state index in [4.69, 9.17) is 5.11 Å². The maximum Gasteiger partial charge on any atom is 0.315 e. The summed E-state index contributed by atoms with van der Waals surface area (Å²) in [6.45, 7) is 2.45. The van der Waals surface area contributed by atoms with E-state index in [0.717, 1.165) is 19.3 Å². The summed E-state index contributed by atoms with van der Waals surface area (Å²) in [4.78, 5) is 22.0. The van der Waals surface area contributed by atoms with Crippen molar-refractivity contribution >= 4 is 12.0 Å². The molecule has 5 heteroatoms. The molecule has 108 valence electrons. The van der Waals surface area contributed by atoms with Crippen LogP contribution < -0.4 is 10.6 Å². The number of rotatable bonds is 7. The van der Waals surface area contributed by atoms with Crippen molar-refractivity contribution in [1.82, 2.24) is 10.6 Å². The largest absolute Gasteiger partial charge is 0.481 e. The lowest BCUT2D eigenvalue weighted by molar-refractivity contribution is -0.137. The predicted molar refractivity (Wildman–Crippen MR) is 74.0 cm³/mol. The molecule has 0 aliphatic heterocycles. The highest BCUT2D eigenvalue weighted by molar-refractivity contribution is 5.74. The fourth-order valence-corrected chi connectivity index (χ4v) is 2.16. The summed E-state index contributed by atoms with van der Waals surface area (Å²) in [5.41, 5.74) is 1.44. The Balaban J connectivity index is 2.10. The van der Waals surface area contributed by atoms with Crippen LogP contribution in [0.4, 0.5) is 4.79 Å². The second-order valence-electron chi connectivity index (χ2n) is 5.09. The third kappa shape index (κ3) is 7.49. The minimum absolute atomic E-state index is 0.0777. The zero-order valence-electron chi connectivity index (χ0n) is 11.6. The van der Waals surface area contributed by atoms with E-state index >= 15 is 0 Å². The van der Waals surface area contributed by atoms with E-state index in [1.54, 1.807) is 0 Å². The molecule has 0 heterocycles. The summed E-state index contributed by atoms with van der Waals surface area (Å²) in [5, 5.41) is 14.1. The van der Waals surface area contributed by atoms with Crippen LogP contribution >= 0.6 is 0 Å². The first kappa shape index (κ1) is 15.5. The Morgan fingerprint density at radius 2 is 2.21 bits per heavy atom. The molecular weight excluding hydrogens is 244 g/mol. The molecule has 0 radical (unpaired) electrons. The zero-order valence-corrected chi connectivity index (χ0v) is 11.6. The van der Waals surface area contributed by atoms with Gasteiger partial charge < -0.3 is 15.7 Å². The molecule has 19 heavy (non-hydrogen) atoms. The SMILES string of the molecule is CC(CCC(=O)O)NC(=O)NCCC1=CCCCC1. The third-order valence-corrected chi connectivity index (χ3v) is 3.29. The van der Waals surface area contributed by atoms with Crippen LogP contribution in [0.3, 0.4) is 0 Å². The number of hydrogen-bond acceptors (Lipinski definition) is 2. The first-order valence-corrected chi connectivity index (χ1v) is 7.02. The fraction of sp³-hybridized carbons (Fsp3) is 0.714. The second-order valence-corrected chi connectivity index (χ2v) is 5.09. The van der Waals surface area contributed by atoms with Crippen LogP contribution in [0.15, 0.2) is 11.6 Å². The van der Waals surface area contributed by atoms with Crippen molar-refractivity contribution in [2.75, 3.05) is 6.54 Å². The van der Waals surface area contributed by atoms with Crippen molar-refractivity contribution < 1.29 is 14.7 Å². The molecule has 0 aromatic heterocycles. The van der Waals surface area contributed by atoms with Crippen molar-refractivity contribution in [3.05, 3.63) is 11.6 Å². The van der Waals surface area contributed by atoms with E-state index in [-0.39, 0.29) is 18.5 Å². The molecule has 2 amide bonds. The molecule has 1 unspecified atom stereocenters. The molecule has 0 saturated carbocycles. The molecule has 1 aliphatic rings. The standard InChI is InChI=1S/C14H24N2O3/c1-11(7-8-13(17)18)16-14(19)15-10-9-12-5-3-2-4-6-12/h5,11H,2-4,6-10H2,1H3,(H,17,18)(H2,15,16,19). The number of carbonyl (C=O) groups is 2. The Bertz CT molecular complexity index is 340. The minimum Gasteiger partial charge on any atom is -0.481 e. The maximum atomic E-state index is 11.6. The van der Waals surface area contributed by atoms with Gasteiger partial charge in [-0.15, -0.1) is 0 Å². The van der Waals surface area contributed by atoms with Gasteiger partial charge in [0.15, 0.2) is 0 Å². The molecule has 0 bridgehead atoms. The van der Waals surface area contributed by atoms with Gasteiger partial charge in [-0.05, 0) is 45.4 Å². The number of urea groups is 1. The molecule has 0 saturated heterocycles. The van der Waals surface area contributed by atoms with E-state index in [1.807, 2.05) is 6.92 Å². The van der Waals surface area contributed by atoms with Gasteiger partial charge in [0.2, 0.25) is 0 Å². The van der Waals surface area contributed by atoms with Crippen LogP contribution in [0.1, 0.15) is 51.9 Å². The van der Waals surface area contributed by atoms with Gasteiger partial charge in [-0.25, -0.2) is 4.79 Å². The molecule has 0 aromatic carbocycles. The van der Waals surface area contributed by atoms with Crippen LogP contribution in [-0.2, 0) is 4.79 Å². The lowest BCUT2D eigenvalue weighted by Crippen LogP contribution is -2.41. The number of aliphatic carboxylic acids is 1. The van der Waals surface area contributed by atoms with Crippen molar-refractivity contribution in [3.63, 3.8) is 0 Å². The van der Waals surface area contributed by atoms with Crippen LogP contribution in [0.5, 0.6) is 0 Å². The molecular formula is C14H24N2O3. The molecule has 5 nitrogen and oxygen atoms in total. The summed E-state index contributed by atoms with van der Waals surface area (Å²) in [6.07, 6.45) is 8.56. The molecule has 0 aromatic rings. The number of hydrogen-bond donors (Lipinski definition) is 3. The lowest BCUT2D eigenvalue weighted by atomic mass is 9.97. The Morgan fingerprint density at radius 3 is 2.84 bits per heavy atom. The molecule has 3 N–H and O–H groups in total. The van der Waals surface area contributed by atoms with Gasteiger partial charge in [-0.2, -0.15) is 0 Å². The van der Waals surface area contributed by atoms with E-state index in [9.17, 15) is 9.59 Å². The average molecular weight is 268 g/mol. The summed E-state index contributed by atoms with van der Waals surface area (Å²) < 4.78 is 0. The predicted octanol–water partition coefficient (Wildman–Crippen LogP) is 2.43. The monoisotopic (exact) mass is 268 g/mol. The highest BCUT2D eigenvalue weighted by atomic mass is 16.4. The van der Waals surface area contributed by atoms with Crippen LogP contribution in [0.25, 0.3) is 0 Å². The number of carboxylic acid groups (broad SMARTS) is 1. The summed E-state index contributed by atoms with van der Waals surface area (Å²) in [5.74, 6) is -0.835. The Labute approximate surface area is 114 Å². The normalized spacial score (nSPS) is 16.4. The van der Waals surface area contributed by atoms with Crippen molar-refractivity contribution in [1.29, 1.82) is 0 Å². The molecule has 0 spiro atoms. The highest BCUT2D eigenvalue weighted by Gasteiger charge is 2.09. The van der Waals surface area contributed by atoms with Gasteiger partial charge in [-0.3, -0.25) is 4.79 Å². The molecule has 1 rings (SSSR count). The van der Waals surface area contributed by atoms with Crippen LogP contribution in [0, 0.1) is 0 Å². The summed E-state index contributed by atoms with van der Waals surface area (Å²) in [6, 6.07) is -0.334. The van der Waals surface area contributed by atoms with Crippen molar-refractivity contribution in [2.45, 2.75) is 57.9 Å². The Kier molecular flexibility index (Phi) is 7.00. The number of carboxylic acids is 1. The number of allylic oxidation sites excluding steroid dienone is 1. The number of amides is 2. The quantitative estimate of drug-likeness (QED) is 0.620. The second kappa shape index (κ2) is 8.56. The minimum atomic E-state index is -0.835. The number of nitrogens with one attached hydrogen (secondary N) is 2. The van der Waals surface area contributed by atoms with E-state index in [1.165, 1.54) is 18.4 Å². The van der Waals surface area contributed by atoms with Gasteiger partial charge in [0.25, 0.3) is 0 Å². The molecule has 0 fully saturated rings. The molecule has 1 aliphatic carbocycles. The van der Waals surface area contributed by atoms with Crippen molar-refractivity contribution in [2.24, 2.45) is 0 Å². The van der Waals surface area contributed by atoms with Gasteiger partial charge in [0.1, 0.15) is 0 Å². The zero-order chi connectivity index (χ0) is 14.1. The van der Waals surface area contributed by atoms with E-state index < -0.39 is 5.97 Å². The van der Waals surface area contributed by atoms with Crippen molar-refractivity contribution in [3.8, 4) is 0 Å². The first-order chi connectivity index (χ1) is 9.08. The Morgan fingerprint density at radius 1 is 1.42 bits per heavy atom. The Hall–Kier alpha value is -1.52. The smallest absolute Gasteiger partial charge is 0.315 e. The summed E-state index contributed by atoms with van der Waals surface area (Å²) >= 11 is 0. The van der Waals surface area contributed by atoms with Gasteiger partial charge in [0, 0.05) is 19.0 Å². The van der Waals surface area contributed by atoms with Gasteiger partial charge >= 0.3 is 12.0 Å². The topological polar surface area (TPSA) is 78.4 Å². The highest BCUT2D eigenvalue weighted by Crippen LogP contribution is 2.19. The third-order valence-electron chi connectivity index (χ3n) is 3.29. The van der Waals surface area contributed by atoms with E-state index in [0.29, 0.717) is 13.0 Å². The number of carbonyl (C=O) groups excluding carboxylic acids is 1. The fourth-order valence-electron chi connectivity index (χ4n) is 2.16. The van der Waals surface area contributed by atoms with E-state index in [2.05, 4.69) is 16.7 Å². The average Bonchev–Trinajstić information content (AvgIpc) is 2.37. The molecule has 1 atom stereocenters. The van der Waals surface area contributed by atoms with Gasteiger partial charge in [-0.1, -0.05) is 11.6 Å². The maximum absolute atomic E-state index is 11.6. The first-order valence-electron chi connectivity index (χ1n) is 7.02. The van der Waals surface area contributed by atoms with Crippen LogP contribution in [0.2, 0.25) is 0 Å². The lowest BCUT2D eigenvalue weighted by Gasteiger charge is -2.15. The summed E-state index contributed by atoms with van der Waals surface area (Å²) in [7, 11) is 0.